The van der Waals surface area contributed by atoms with Crippen LogP contribution in [0.25, 0.3) is 11.1 Å². The van der Waals surface area contributed by atoms with Gasteiger partial charge in [0.15, 0.2) is 0 Å². The second kappa shape index (κ2) is 7.14. The van der Waals surface area contributed by atoms with Gasteiger partial charge in [-0.3, -0.25) is 4.79 Å². The molecule has 0 saturated heterocycles. The molecule has 0 saturated carbocycles. The van der Waals surface area contributed by atoms with E-state index in [0.29, 0.717) is 11.4 Å². The molecule has 0 bridgehead atoms. The number of nitrogens with one attached hydrogen (secondary N) is 3. The van der Waals surface area contributed by atoms with E-state index in [2.05, 4.69) is 15.6 Å². The second-order valence-corrected chi connectivity index (χ2v) is 6.11. The van der Waals surface area contributed by atoms with Crippen molar-refractivity contribution >= 4 is 23.3 Å². The minimum Gasteiger partial charge on any atom is -0.364 e. The van der Waals surface area contributed by atoms with Gasteiger partial charge in [-0.25, -0.2) is 4.79 Å². The summed E-state index contributed by atoms with van der Waals surface area (Å²) in [6.07, 6.45) is 1.67. The molecule has 132 valence electrons. The Balaban J connectivity index is 1.71. The summed E-state index contributed by atoms with van der Waals surface area (Å²) in [6.45, 7) is 3.92. The number of aryl methyl sites for hydroxylation is 2. The monoisotopic (exact) mass is 348 g/mol. The van der Waals surface area contributed by atoms with Gasteiger partial charge < -0.3 is 21.4 Å². The number of urea groups is 1. The highest BCUT2D eigenvalue weighted by atomic mass is 16.2. The summed E-state index contributed by atoms with van der Waals surface area (Å²) < 4.78 is 0. The molecule has 5 N–H and O–H groups in total. The fourth-order valence-corrected chi connectivity index (χ4v) is 2.70. The number of rotatable bonds is 4. The van der Waals surface area contributed by atoms with Gasteiger partial charge in [-0.15, -0.1) is 0 Å². The predicted molar refractivity (Wildman–Crippen MR) is 103 cm³/mol. The van der Waals surface area contributed by atoms with Crippen molar-refractivity contribution in [1.82, 2.24) is 4.98 Å². The highest BCUT2D eigenvalue weighted by molar-refractivity contribution is 6.01. The molecule has 0 atom stereocenters. The van der Waals surface area contributed by atoms with Crippen LogP contribution in [0.3, 0.4) is 0 Å². The van der Waals surface area contributed by atoms with E-state index in [1.165, 1.54) is 0 Å². The van der Waals surface area contributed by atoms with Gasteiger partial charge in [-0.2, -0.15) is 0 Å². The highest BCUT2D eigenvalue weighted by Gasteiger charge is 2.11. The van der Waals surface area contributed by atoms with E-state index in [-0.39, 0.29) is 6.03 Å². The zero-order chi connectivity index (χ0) is 18.7. The van der Waals surface area contributed by atoms with Crippen molar-refractivity contribution in [2.45, 2.75) is 13.8 Å². The number of carbonyl (C=O) groups excluding carboxylic acids is 2. The van der Waals surface area contributed by atoms with Crippen molar-refractivity contribution in [2.75, 3.05) is 10.6 Å². The van der Waals surface area contributed by atoms with E-state index in [4.69, 9.17) is 5.73 Å². The van der Waals surface area contributed by atoms with Crippen molar-refractivity contribution in [2.24, 2.45) is 5.73 Å². The molecular formula is C20H20N4O2. The molecule has 0 aliphatic carbocycles. The van der Waals surface area contributed by atoms with Crippen molar-refractivity contribution in [3.63, 3.8) is 0 Å². The lowest BCUT2D eigenvalue weighted by Gasteiger charge is -2.11. The first-order valence-corrected chi connectivity index (χ1v) is 8.17. The van der Waals surface area contributed by atoms with Crippen LogP contribution in [0.4, 0.5) is 16.2 Å². The molecule has 0 aliphatic rings. The third kappa shape index (κ3) is 3.75. The summed E-state index contributed by atoms with van der Waals surface area (Å²) in [5.74, 6) is -0.514. The number of aromatic nitrogens is 1. The number of hydrogen-bond acceptors (Lipinski definition) is 2. The Hall–Kier alpha value is -3.54. The Morgan fingerprint density at radius 1 is 0.962 bits per heavy atom. The number of H-pyrrole nitrogens is 1. The summed E-state index contributed by atoms with van der Waals surface area (Å²) in [7, 11) is 0. The molecule has 1 heterocycles. The Morgan fingerprint density at radius 3 is 2.38 bits per heavy atom. The minimum atomic E-state index is -0.514. The van der Waals surface area contributed by atoms with Crippen LogP contribution in [0.2, 0.25) is 0 Å². The van der Waals surface area contributed by atoms with E-state index >= 15 is 0 Å². The SMILES string of the molecule is Cc1ccc(C)c(NC(=O)Nc2ccc(-c3cc[nH]c3C(N)=O)cc2)c1. The molecule has 3 amide bonds. The first kappa shape index (κ1) is 17.3. The largest absolute Gasteiger partial charge is 0.364 e. The van der Waals surface area contributed by atoms with Crippen LogP contribution >= 0.6 is 0 Å². The van der Waals surface area contributed by atoms with Crippen LogP contribution < -0.4 is 16.4 Å². The Morgan fingerprint density at radius 2 is 1.69 bits per heavy atom. The number of anilines is 2. The summed E-state index contributed by atoms with van der Waals surface area (Å²) >= 11 is 0. The number of primary amides is 1. The van der Waals surface area contributed by atoms with Gasteiger partial charge in [0, 0.05) is 23.1 Å². The van der Waals surface area contributed by atoms with Gasteiger partial charge >= 0.3 is 6.03 Å². The van der Waals surface area contributed by atoms with Gasteiger partial charge in [0.2, 0.25) is 0 Å². The third-order valence-corrected chi connectivity index (χ3v) is 4.09. The van der Waals surface area contributed by atoms with Crippen LogP contribution in [0, 0.1) is 13.8 Å². The quantitative estimate of drug-likeness (QED) is 0.572. The van der Waals surface area contributed by atoms with E-state index in [1.807, 2.05) is 44.2 Å². The minimum absolute atomic E-state index is 0.314. The zero-order valence-corrected chi connectivity index (χ0v) is 14.6. The van der Waals surface area contributed by atoms with E-state index in [0.717, 1.165) is 27.9 Å². The topological polar surface area (TPSA) is 100 Å². The molecule has 0 fully saturated rings. The average Bonchev–Trinajstić information content (AvgIpc) is 3.09. The standard InChI is InChI=1S/C20H20N4O2/c1-12-3-4-13(2)17(11-12)24-20(26)23-15-7-5-14(6-8-15)16-9-10-22-18(16)19(21)25/h3-11,22H,1-2H3,(H2,21,25)(H2,23,24,26). The molecule has 3 aromatic rings. The fraction of sp³-hybridized carbons (Fsp3) is 0.100. The first-order valence-electron chi connectivity index (χ1n) is 8.17. The van der Waals surface area contributed by atoms with Crippen LogP contribution in [0.15, 0.2) is 54.7 Å². The molecule has 0 aliphatic heterocycles. The Kier molecular flexibility index (Phi) is 4.75. The maximum absolute atomic E-state index is 12.2. The van der Waals surface area contributed by atoms with Gasteiger partial charge in [-0.1, -0.05) is 24.3 Å². The normalized spacial score (nSPS) is 10.4. The van der Waals surface area contributed by atoms with Gasteiger partial charge in [0.05, 0.1) is 0 Å². The van der Waals surface area contributed by atoms with E-state index < -0.39 is 5.91 Å². The number of benzene rings is 2. The number of nitrogens with two attached hydrogens (primary N) is 1. The summed E-state index contributed by atoms with van der Waals surface area (Å²) in [5, 5.41) is 5.65. The molecule has 0 spiro atoms. The molecule has 1 aromatic heterocycles. The van der Waals surface area contributed by atoms with Gasteiger partial charge in [-0.05, 0) is 54.8 Å². The van der Waals surface area contributed by atoms with Crippen LogP contribution in [-0.2, 0) is 0 Å². The predicted octanol–water partition coefficient (Wildman–Crippen LogP) is 4.04. The van der Waals surface area contributed by atoms with Crippen molar-refractivity contribution in [3.8, 4) is 11.1 Å². The van der Waals surface area contributed by atoms with E-state index in [9.17, 15) is 9.59 Å². The molecular weight excluding hydrogens is 328 g/mol. The van der Waals surface area contributed by atoms with Crippen LogP contribution in [-0.4, -0.2) is 16.9 Å². The number of carbonyl (C=O) groups is 2. The molecule has 26 heavy (non-hydrogen) atoms. The molecule has 6 nitrogen and oxygen atoms in total. The van der Waals surface area contributed by atoms with E-state index in [1.54, 1.807) is 24.4 Å². The Labute approximate surface area is 151 Å². The third-order valence-electron chi connectivity index (χ3n) is 4.09. The highest BCUT2D eigenvalue weighted by Crippen LogP contribution is 2.24. The number of amides is 3. The van der Waals surface area contributed by atoms with Gasteiger partial charge in [0.1, 0.15) is 5.69 Å². The molecule has 0 unspecified atom stereocenters. The lowest BCUT2D eigenvalue weighted by Crippen LogP contribution is -2.20. The van der Waals surface area contributed by atoms with Gasteiger partial charge in [0.25, 0.3) is 5.91 Å². The zero-order valence-electron chi connectivity index (χ0n) is 14.6. The first-order chi connectivity index (χ1) is 12.4. The second-order valence-electron chi connectivity index (χ2n) is 6.11. The summed E-state index contributed by atoms with van der Waals surface area (Å²) in [4.78, 5) is 26.5. The molecule has 0 radical (unpaired) electrons. The summed E-state index contributed by atoms with van der Waals surface area (Å²) in [5.41, 5.74) is 10.8. The molecule has 2 aromatic carbocycles. The smallest absolute Gasteiger partial charge is 0.323 e. The van der Waals surface area contributed by atoms with Crippen LogP contribution in [0.5, 0.6) is 0 Å². The maximum atomic E-state index is 12.2. The lowest BCUT2D eigenvalue weighted by molar-refractivity contribution is 0.0997. The van der Waals surface area contributed by atoms with Crippen molar-refractivity contribution < 1.29 is 9.59 Å². The lowest BCUT2D eigenvalue weighted by atomic mass is 10.1. The molecule has 6 heteroatoms. The molecule has 3 rings (SSSR count). The van der Waals surface area contributed by atoms with Crippen LogP contribution in [0.1, 0.15) is 21.6 Å². The average molecular weight is 348 g/mol. The van der Waals surface area contributed by atoms with Crippen molar-refractivity contribution in [3.05, 3.63) is 71.5 Å². The van der Waals surface area contributed by atoms with Crippen molar-refractivity contribution in [1.29, 1.82) is 0 Å². The number of hydrogen-bond donors (Lipinski definition) is 4. The Bertz CT molecular complexity index is 958. The summed E-state index contributed by atoms with van der Waals surface area (Å²) in [6, 6.07) is 14.6. The fourth-order valence-electron chi connectivity index (χ4n) is 2.70. The number of aromatic amines is 1. The maximum Gasteiger partial charge on any atom is 0.323 e.